The zero-order valence-electron chi connectivity index (χ0n) is 17.5. The number of rotatable bonds is 15. The van der Waals surface area contributed by atoms with E-state index in [1.807, 2.05) is 6.92 Å². The molecule has 4 N–H and O–H groups in total. The van der Waals surface area contributed by atoms with E-state index in [-0.39, 0.29) is 44.9 Å². The minimum atomic E-state index is -0.748. The normalized spacial score (nSPS) is 17.9. The van der Waals surface area contributed by atoms with E-state index in [2.05, 4.69) is 0 Å². The summed E-state index contributed by atoms with van der Waals surface area (Å²) in [6, 6.07) is 0. The highest BCUT2D eigenvalue weighted by atomic mass is 16.5. The van der Waals surface area contributed by atoms with E-state index in [0.717, 1.165) is 0 Å². The second-order valence-corrected chi connectivity index (χ2v) is 7.62. The second kappa shape index (κ2) is 14.7. The van der Waals surface area contributed by atoms with Gasteiger partial charge in [-0.05, 0) is 40.0 Å². The number of hydrogen-bond acceptors (Lipinski definition) is 8. The lowest BCUT2D eigenvalue weighted by Gasteiger charge is -2.21. The van der Waals surface area contributed by atoms with Crippen molar-refractivity contribution in [3.05, 3.63) is 0 Å². The average Bonchev–Trinajstić information content (AvgIpc) is 2.52. The molecule has 6 unspecified atom stereocenters. The quantitative estimate of drug-likeness (QED) is 0.300. The van der Waals surface area contributed by atoms with E-state index >= 15 is 0 Å². The fourth-order valence-electron chi connectivity index (χ4n) is 2.87. The third kappa shape index (κ3) is 14.8. The maximum Gasteiger partial charge on any atom is 0.306 e. The summed E-state index contributed by atoms with van der Waals surface area (Å²) in [5.41, 5.74) is 0. The van der Waals surface area contributed by atoms with Gasteiger partial charge in [0.1, 0.15) is 12.2 Å². The van der Waals surface area contributed by atoms with Crippen molar-refractivity contribution in [2.75, 3.05) is 0 Å². The molecule has 166 valence electrons. The summed E-state index contributed by atoms with van der Waals surface area (Å²) in [7, 11) is 0. The van der Waals surface area contributed by atoms with Crippen molar-refractivity contribution in [2.45, 2.75) is 116 Å². The van der Waals surface area contributed by atoms with E-state index in [0.29, 0.717) is 6.42 Å². The molecule has 8 nitrogen and oxygen atoms in total. The Morgan fingerprint density at radius 2 is 1.29 bits per heavy atom. The average molecular weight is 407 g/mol. The molecule has 0 spiro atoms. The molecular weight excluding hydrogens is 368 g/mol. The van der Waals surface area contributed by atoms with Gasteiger partial charge >= 0.3 is 11.9 Å². The summed E-state index contributed by atoms with van der Waals surface area (Å²) in [5.74, 6) is -0.950. The highest BCUT2D eigenvalue weighted by Crippen LogP contribution is 2.14. The minimum Gasteiger partial charge on any atom is -0.463 e. The van der Waals surface area contributed by atoms with E-state index in [1.54, 1.807) is 20.8 Å². The van der Waals surface area contributed by atoms with Crippen molar-refractivity contribution < 1.29 is 39.5 Å². The topological polar surface area (TPSA) is 134 Å². The Morgan fingerprint density at radius 3 is 1.79 bits per heavy atom. The van der Waals surface area contributed by atoms with Crippen molar-refractivity contribution in [1.82, 2.24) is 0 Å². The smallest absolute Gasteiger partial charge is 0.306 e. The van der Waals surface area contributed by atoms with Crippen LogP contribution in [0.3, 0.4) is 0 Å². The predicted molar refractivity (Wildman–Crippen MR) is 103 cm³/mol. The molecule has 0 amide bonds. The molecule has 0 rings (SSSR count). The van der Waals surface area contributed by atoms with E-state index < -0.39 is 48.6 Å². The van der Waals surface area contributed by atoms with E-state index in [9.17, 15) is 30.0 Å². The maximum atomic E-state index is 12.0. The lowest BCUT2D eigenvalue weighted by Crippen LogP contribution is -2.27. The van der Waals surface area contributed by atoms with Gasteiger partial charge in [0, 0.05) is 32.1 Å². The molecule has 0 bridgehead atoms. The van der Waals surface area contributed by atoms with Gasteiger partial charge in [-0.3, -0.25) is 9.59 Å². The number of aliphatic hydroxyl groups is 4. The molecule has 0 aliphatic carbocycles. The van der Waals surface area contributed by atoms with Gasteiger partial charge in [-0.1, -0.05) is 6.92 Å². The van der Waals surface area contributed by atoms with Crippen LogP contribution in [0.4, 0.5) is 0 Å². The van der Waals surface area contributed by atoms with Gasteiger partial charge < -0.3 is 29.9 Å². The molecule has 0 aliphatic heterocycles. The third-order valence-electron chi connectivity index (χ3n) is 4.22. The van der Waals surface area contributed by atoms with Crippen LogP contribution in [0, 0.1) is 0 Å². The van der Waals surface area contributed by atoms with Gasteiger partial charge in [0.25, 0.3) is 0 Å². The van der Waals surface area contributed by atoms with Crippen LogP contribution in [0.5, 0.6) is 0 Å². The maximum absolute atomic E-state index is 12.0. The second-order valence-electron chi connectivity index (χ2n) is 7.62. The first-order valence-corrected chi connectivity index (χ1v) is 10.1. The lowest BCUT2D eigenvalue weighted by molar-refractivity contribution is -0.152. The van der Waals surface area contributed by atoms with Crippen LogP contribution in [0.1, 0.15) is 79.1 Å². The number of esters is 2. The van der Waals surface area contributed by atoms with Gasteiger partial charge in [0.2, 0.25) is 0 Å². The van der Waals surface area contributed by atoms with Crippen LogP contribution in [-0.2, 0) is 19.1 Å². The molecule has 0 heterocycles. The third-order valence-corrected chi connectivity index (χ3v) is 4.22. The number of hydrogen-bond donors (Lipinski definition) is 4. The number of carbonyl (C=O) groups excluding carboxylic acids is 2. The summed E-state index contributed by atoms with van der Waals surface area (Å²) >= 11 is 0. The van der Waals surface area contributed by atoms with Gasteiger partial charge in [-0.15, -0.1) is 0 Å². The first-order chi connectivity index (χ1) is 13.0. The fraction of sp³-hybridized carbons (Fsp3) is 0.900. The monoisotopic (exact) mass is 406 g/mol. The highest BCUT2D eigenvalue weighted by Gasteiger charge is 2.21. The van der Waals surface area contributed by atoms with Crippen LogP contribution in [0.25, 0.3) is 0 Å². The fourth-order valence-corrected chi connectivity index (χ4v) is 2.87. The summed E-state index contributed by atoms with van der Waals surface area (Å²) in [6.07, 6.45) is -1.84. The Morgan fingerprint density at radius 1 is 0.750 bits per heavy atom. The summed E-state index contributed by atoms with van der Waals surface area (Å²) in [5, 5.41) is 38.2. The largest absolute Gasteiger partial charge is 0.463 e. The zero-order chi connectivity index (χ0) is 21.7. The molecule has 0 aliphatic rings. The van der Waals surface area contributed by atoms with Gasteiger partial charge in [0.15, 0.2) is 0 Å². The van der Waals surface area contributed by atoms with Crippen molar-refractivity contribution in [1.29, 1.82) is 0 Å². The van der Waals surface area contributed by atoms with Crippen molar-refractivity contribution in [2.24, 2.45) is 0 Å². The molecule has 0 aromatic carbocycles. The van der Waals surface area contributed by atoms with Crippen LogP contribution in [-0.4, -0.2) is 69.0 Å². The number of carbonyl (C=O) groups is 2. The number of ether oxygens (including phenoxy) is 2. The van der Waals surface area contributed by atoms with E-state index in [4.69, 9.17) is 9.47 Å². The molecular formula is C20H38O8. The molecule has 0 aromatic heterocycles. The Balaban J connectivity index is 4.17. The Labute approximate surface area is 167 Å². The molecule has 0 aromatic rings. The Bertz CT molecular complexity index is 438. The molecule has 8 heteroatoms. The van der Waals surface area contributed by atoms with Crippen molar-refractivity contribution in [3.63, 3.8) is 0 Å². The predicted octanol–water partition coefficient (Wildman–Crippen LogP) is 1.45. The first-order valence-electron chi connectivity index (χ1n) is 10.1. The molecule has 0 saturated carbocycles. The highest BCUT2D eigenvalue weighted by molar-refractivity contribution is 5.72. The van der Waals surface area contributed by atoms with Crippen molar-refractivity contribution in [3.8, 4) is 0 Å². The molecule has 0 saturated heterocycles. The molecule has 28 heavy (non-hydrogen) atoms. The zero-order valence-corrected chi connectivity index (χ0v) is 17.5. The Hall–Kier alpha value is -1.22. The van der Waals surface area contributed by atoms with Gasteiger partial charge in [-0.25, -0.2) is 0 Å². The first kappa shape index (κ1) is 26.8. The lowest BCUT2D eigenvalue weighted by atomic mass is 10.0. The number of aliphatic hydroxyl groups excluding tert-OH is 4. The standard InChI is InChI=1S/C20H38O8/c1-5-16(23)12-18(10-14(3)22)28-20(26)8-6-7-19(25)27-15(4)11-17(24)9-13(2)21/h13-18,21-24H,5-12H2,1-4H3. The molecule has 6 atom stereocenters. The van der Waals surface area contributed by atoms with Gasteiger partial charge in [0.05, 0.1) is 24.4 Å². The van der Waals surface area contributed by atoms with Crippen LogP contribution < -0.4 is 0 Å². The van der Waals surface area contributed by atoms with Crippen LogP contribution >= 0.6 is 0 Å². The van der Waals surface area contributed by atoms with E-state index in [1.165, 1.54) is 0 Å². The summed E-state index contributed by atoms with van der Waals surface area (Å²) in [4.78, 5) is 23.8. The van der Waals surface area contributed by atoms with Crippen LogP contribution in [0.2, 0.25) is 0 Å². The molecule has 0 fully saturated rings. The van der Waals surface area contributed by atoms with Crippen molar-refractivity contribution >= 4 is 11.9 Å². The summed E-state index contributed by atoms with van der Waals surface area (Å²) < 4.78 is 10.5. The SMILES string of the molecule is CCC(O)CC(CC(C)O)OC(=O)CCCC(=O)OC(C)CC(O)CC(C)O. The Kier molecular flexibility index (Phi) is 14.1. The van der Waals surface area contributed by atoms with Gasteiger partial charge in [-0.2, -0.15) is 0 Å². The minimum absolute atomic E-state index is 0.0344. The van der Waals surface area contributed by atoms with Crippen LogP contribution in [0.15, 0.2) is 0 Å². The molecule has 0 radical (unpaired) electrons. The summed E-state index contributed by atoms with van der Waals surface area (Å²) in [6.45, 7) is 6.65.